The maximum Gasteiger partial charge on any atom is -1.00 e. The maximum absolute atomic E-state index is 7.08. The van der Waals surface area contributed by atoms with Gasteiger partial charge in [-0.1, -0.05) is 52.5 Å². The average molecular weight is 384 g/mol. The van der Waals surface area contributed by atoms with Crippen LogP contribution in [0, 0.1) is 18.3 Å². The molecule has 0 bridgehead atoms. The van der Waals surface area contributed by atoms with Crippen LogP contribution in [-0.4, -0.2) is 14.4 Å². The van der Waals surface area contributed by atoms with E-state index in [0.717, 1.165) is 11.8 Å². The normalized spacial score (nSPS) is 22.0. The molecule has 1 fully saturated rings. The van der Waals surface area contributed by atoms with Gasteiger partial charge in [0.15, 0.2) is 0 Å². The first-order chi connectivity index (χ1) is 8.20. The van der Waals surface area contributed by atoms with E-state index in [1.54, 1.807) is 0 Å². The summed E-state index contributed by atoms with van der Waals surface area (Å²) in [5.74, 6) is 1.62. The van der Waals surface area contributed by atoms with Gasteiger partial charge in [0, 0.05) is 0 Å². The standard InChI is InChI=1S/C9H11.C3H10NSi.C2H6Si.2ClH.Ti/c1-2-5-9-7-3-6-8(9)4-1;1-5(2,3)4;1-3-2;;;/h1-2,4-6,8-9H,3,7H2;4H,1-3H3;1-2H3;2*1H;/q2*-1;;;;+2/p-2. The second kappa shape index (κ2) is 13.8. The molecule has 116 valence electrons. The van der Waals surface area contributed by atoms with Crippen molar-refractivity contribution in [3.05, 3.63) is 36.1 Å². The van der Waals surface area contributed by atoms with E-state index in [1.165, 1.54) is 12.8 Å². The van der Waals surface area contributed by atoms with Gasteiger partial charge in [-0.2, -0.15) is 6.42 Å². The van der Waals surface area contributed by atoms with Gasteiger partial charge in [0.05, 0.1) is 0 Å². The minimum absolute atomic E-state index is 0. The van der Waals surface area contributed by atoms with Gasteiger partial charge in [0.25, 0.3) is 0 Å². The maximum atomic E-state index is 7.08. The second-order valence-electron chi connectivity index (χ2n) is 6.07. The number of fused-ring (bicyclic) bond motifs is 1. The van der Waals surface area contributed by atoms with Gasteiger partial charge in [0.1, 0.15) is 0 Å². The Balaban J connectivity index is -0.000000232. The summed E-state index contributed by atoms with van der Waals surface area (Å²) < 4.78 is 0. The molecule has 0 amide bonds. The molecule has 20 heavy (non-hydrogen) atoms. The molecule has 0 aromatic heterocycles. The van der Waals surface area contributed by atoms with E-state index in [0.29, 0.717) is 0 Å². The van der Waals surface area contributed by atoms with Crippen LogP contribution in [0.25, 0.3) is 5.40 Å². The van der Waals surface area contributed by atoms with Crippen LogP contribution in [0.4, 0.5) is 0 Å². The molecule has 0 radical (unpaired) electrons. The molecule has 2 aliphatic carbocycles. The van der Waals surface area contributed by atoms with E-state index < -0.39 is 8.24 Å². The Kier molecular flexibility index (Phi) is 18.0. The molecular formula is C14H27Cl2NSi2Ti-2. The fourth-order valence-corrected chi connectivity index (χ4v) is 1.69. The number of allylic oxidation sites excluding steroid dienone is 4. The van der Waals surface area contributed by atoms with E-state index in [4.69, 9.17) is 5.40 Å². The van der Waals surface area contributed by atoms with Crippen molar-refractivity contribution in [2.24, 2.45) is 11.8 Å². The fourth-order valence-electron chi connectivity index (χ4n) is 1.69. The molecule has 0 aliphatic heterocycles. The van der Waals surface area contributed by atoms with E-state index in [2.05, 4.69) is 63.0 Å². The third-order valence-electron chi connectivity index (χ3n) is 2.24. The summed E-state index contributed by atoms with van der Waals surface area (Å²) in [7, 11) is -1.36. The fraction of sp³-hybridized carbons (Fsp3) is 0.643. The van der Waals surface area contributed by atoms with Gasteiger partial charge in [-0.15, -0.1) is 12.0 Å². The quantitative estimate of drug-likeness (QED) is 0.379. The Labute approximate surface area is 151 Å². The summed E-state index contributed by atoms with van der Waals surface area (Å²) in [4.78, 5) is 0. The first-order valence-corrected chi connectivity index (χ1v) is 15.0. The van der Waals surface area contributed by atoms with Crippen LogP contribution in [0.15, 0.2) is 24.3 Å². The summed E-state index contributed by atoms with van der Waals surface area (Å²) in [6, 6.07) is 0. The largest absolute Gasteiger partial charge is 1.00 e. The van der Waals surface area contributed by atoms with Gasteiger partial charge in [-0.25, -0.2) is 0 Å². The predicted molar refractivity (Wildman–Crippen MR) is 83.9 cm³/mol. The Morgan fingerprint density at radius 1 is 1.15 bits per heavy atom. The van der Waals surface area contributed by atoms with Crippen LogP contribution < -0.4 is 24.8 Å². The smallest absolute Gasteiger partial charge is 1.00 e. The van der Waals surface area contributed by atoms with E-state index >= 15 is 0 Å². The van der Waals surface area contributed by atoms with Crippen LogP contribution in [0.3, 0.4) is 0 Å². The van der Waals surface area contributed by atoms with Crippen molar-refractivity contribution >= 4 is 14.4 Å². The molecule has 0 aromatic carbocycles. The Hall–Kier alpha value is 1.17. The van der Waals surface area contributed by atoms with Crippen LogP contribution in [0.5, 0.6) is 0 Å². The zero-order chi connectivity index (χ0) is 14.2. The molecule has 2 aliphatic rings. The van der Waals surface area contributed by atoms with Crippen molar-refractivity contribution in [1.29, 1.82) is 0 Å². The molecule has 6 heteroatoms. The number of nitrogens with one attached hydrogen (secondary N) is 1. The molecule has 0 saturated heterocycles. The molecule has 1 saturated carbocycles. The molecule has 1 N–H and O–H groups in total. The molecule has 2 rings (SSSR count). The first kappa shape index (κ1) is 26.1. The van der Waals surface area contributed by atoms with Gasteiger partial charge < -0.3 is 36.6 Å². The van der Waals surface area contributed by atoms with Crippen molar-refractivity contribution in [1.82, 2.24) is 0 Å². The van der Waals surface area contributed by atoms with E-state index in [9.17, 15) is 0 Å². The Morgan fingerprint density at radius 2 is 1.55 bits per heavy atom. The molecule has 2 atom stereocenters. The third-order valence-corrected chi connectivity index (χ3v) is 2.24. The minimum atomic E-state index is -1.36. The van der Waals surface area contributed by atoms with Crippen LogP contribution >= 0.6 is 0 Å². The number of halogens is 2. The van der Waals surface area contributed by atoms with Crippen molar-refractivity contribution in [2.45, 2.75) is 45.6 Å². The van der Waals surface area contributed by atoms with Gasteiger partial charge in [-0.3, -0.25) is 0 Å². The second-order valence-corrected chi connectivity index (χ2v) is 17.3. The zero-order valence-electron chi connectivity index (χ0n) is 13.2. The Bertz CT molecular complexity index is 287. The summed E-state index contributed by atoms with van der Waals surface area (Å²) in [5, 5.41) is 7.08. The number of hydrogen-bond acceptors (Lipinski definition) is 0. The van der Waals surface area contributed by atoms with Crippen molar-refractivity contribution < 1.29 is 44.0 Å². The van der Waals surface area contributed by atoms with Gasteiger partial charge in [-0.05, 0) is 5.92 Å². The number of rotatable bonds is 0. The Morgan fingerprint density at radius 3 is 1.95 bits per heavy atom. The average Bonchev–Trinajstić information content (AvgIpc) is 2.61. The van der Waals surface area contributed by atoms with E-state index in [1.807, 2.05) is 19.6 Å². The van der Waals surface area contributed by atoms with E-state index in [-0.39, 0.29) is 31.0 Å². The third kappa shape index (κ3) is 19.2. The van der Waals surface area contributed by atoms with Crippen molar-refractivity contribution in [2.75, 3.05) is 0 Å². The first-order valence-electron chi connectivity index (χ1n) is 6.65. The SMILES string of the molecule is C1=CC2[CH-]CCC2C=C1.C[Si](C)(C)[NH-].C[Si](C)=[Ti+2].[Cl-].[Cl-]. The minimum Gasteiger partial charge on any atom is -1.00 e. The number of hydrogen-bond donors (Lipinski definition) is 0. The predicted octanol–water partition coefficient (Wildman–Crippen LogP) is -0.991. The van der Waals surface area contributed by atoms with Gasteiger partial charge >= 0.3 is 38.5 Å². The molecular weight excluding hydrogens is 357 g/mol. The van der Waals surface area contributed by atoms with Crippen LogP contribution in [0.2, 0.25) is 32.7 Å². The van der Waals surface area contributed by atoms with Crippen molar-refractivity contribution in [3.63, 3.8) is 0 Å². The molecule has 0 heterocycles. The molecule has 1 nitrogen and oxygen atoms in total. The van der Waals surface area contributed by atoms with Gasteiger partial charge in [0.2, 0.25) is 0 Å². The molecule has 2 unspecified atom stereocenters. The molecule has 0 spiro atoms. The van der Waals surface area contributed by atoms with Crippen LogP contribution in [-0.2, 0) is 19.2 Å². The van der Waals surface area contributed by atoms with Crippen LogP contribution in [0.1, 0.15) is 12.8 Å². The molecule has 0 aromatic rings. The summed E-state index contributed by atoms with van der Waals surface area (Å²) in [6.07, 6.45) is 14.2. The summed E-state index contributed by atoms with van der Waals surface area (Å²) in [5.41, 5.74) is 0. The zero-order valence-corrected chi connectivity index (χ0v) is 18.3. The monoisotopic (exact) mass is 383 g/mol. The topological polar surface area (TPSA) is 23.8 Å². The summed E-state index contributed by atoms with van der Waals surface area (Å²) >= 11 is 2.27. The summed E-state index contributed by atoms with van der Waals surface area (Å²) in [6.45, 7) is 10.5. The van der Waals surface area contributed by atoms with Crippen molar-refractivity contribution in [3.8, 4) is 0 Å².